The average Bonchev–Trinajstić information content (AvgIpc) is 2.73. The molecule has 0 aromatic carbocycles. The number of hydrogen-bond acceptors (Lipinski definition) is 4. The van der Waals surface area contributed by atoms with Crippen molar-refractivity contribution in [3.8, 4) is 6.07 Å². The smallest absolute Gasteiger partial charge is 0.222 e. The van der Waals surface area contributed by atoms with Crippen molar-refractivity contribution in [2.75, 3.05) is 32.7 Å². The van der Waals surface area contributed by atoms with Gasteiger partial charge in [-0.05, 0) is 19.9 Å². The largest absolute Gasteiger partial charge is 0.390 e. The number of rotatable bonds is 7. The molecule has 0 saturated carbocycles. The zero-order chi connectivity index (χ0) is 13.5. The maximum Gasteiger partial charge on any atom is 0.222 e. The number of aliphatic hydroxyl groups excluding tert-OH is 1. The van der Waals surface area contributed by atoms with Crippen LogP contribution in [0.4, 0.5) is 0 Å². The Morgan fingerprint density at radius 3 is 2.78 bits per heavy atom. The van der Waals surface area contributed by atoms with Crippen molar-refractivity contribution in [2.24, 2.45) is 5.92 Å². The van der Waals surface area contributed by atoms with Gasteiger partial charge in [-0.15, -0.1) is 0 Å². The molecule has 1 amide bonds. The van der Waals surface area contributed by atoms with Gasteiger partial charge in [0.2, 0.25) is 5.91 Å². The summed E-state index contributed by atoms with van der Waals surface area (Å²) in [5.41, 5.74) is 0. The minimum Gasteiger partial charge on any atom is -0.390 e. The Morgan fingerprint density at radius 2 is 2.28 bits per heavy atom. The van der Waals surface area contributed by atoms with Crippen LogP contribution in [0, 0.1) is 17.2 Å². The van der Waals surface area contributed by atoms with E-state index in [0.29, 0.717) is 26.1 Å². The standard InChI is InChI=1S/C13H23N3O2/c1-3-15(8-11(2)7-14)9-12(17)10-16-6-4-5-13(16)18/h11-12,17H,3-6,8-10H2,1-2H3. The summed E-state index contributed by atoms with van der Waals surface area (Å²) < 4.78 is 0. The van der Waals surface area contributed by atoms with Crippen LogP contribution >= 0.6 is 0 Å². The quantitative estimate of drug-likeness (QED) is 0.715. The zero-order valence-corrected chi connectivity index (χ0v) is 11.3. The summed E-state index contributed by atoms with van der Waals surface area (Å²) in [6.45, 7) is 7.05. The van der Waals surface area contributed by atoms with Crippen LogP contribution in [0.2, 0.25) is 0 Å². The lowest BCUT2D eigenvalue weighted by molar-refractivity contribution is -0.129. The van der Waals surface area contributed by atoms with Crippen molar-refractivity contribution in [3.05, 3.63) is 0 Å². The zero-order valence-electron chi connectivity index (χ0n) is 11.3. The van der Waals surface area contributed by atoms with Gasteiger partial charge in [-0.1, -0.05) is 6.92 Å². The number of amides is 1. The fourth-order valence-corrected chi connectivity index (χ4v) is 2.27. The first-order valence-corrected chi connectivity index (χ1v) is 6.64. The fourth-order valence-electron chi connectivity index (χ4n) is 2.27. The predicted octanol–water partition coefficient (Wildman–Crippen LogP) is 0.451. The number of nitrogens with zero attached hydrogens (tertiary/aromatic N) is 3. The Balaban J connectivity index is 2.35. The Kier molecular flexibility index (Phi) is 6.10. The summed E-state index contributed by atoms with van der Waals surface area (Å²) in [5.74, 6) is 0.105. The van der Waals surface area contributed by atoms with Crippen molar-refractivity contribution in [3.63, 3.8) is 0 Å². The van der Waals surface area contributed by atoms with Gasteiger partial charge in [-0.25, -0.2) is 0 Å². The molecule has 1 aliphatic heterocycles. The van der Waals surface area contributed by atoms with E-state index in [4.69, 9.17) is 5.26 Å². The van der Waals surface area contributed by atoms with Gasteiger partial charge in [-0.2, -0.15) is 5.26 Å². The first-order valence-electron chi connectivity index (χ1n) is 6.64. The molecule has 0 spiro atoms. The van der Waals surface area contributed by atoms with Crippen LogP contribution in [-0.4, -0.2) is 59.6 Å². The second kappa shape index (κ2) is 7.34. The molecule has 5 heteroatoms. The second-order valence-electron chi connectivity index (χ2n) is 4.98. The number of carbonyl (C=O) groups excluding carboxylic acids is 1. The van der Waals surface area contributed by atoms with Crippen molar-refractivity contribution in [2.45, 2.75) is 32.8 Å². The number of likely N-dealkylation sites (tertiary alicyclic amines) is 1. The third kappa shape index (κ3) is 4.63. The van der Waals surface area contributed by atoms with Crippen molar-refractivity contribution in [1.29, 1.82) is 5.26 Å². The molecule has 1 aliphatic rings. The Hall–Kier alpha value is -1.12. The molecule has 5 nitrogen and oxygen atoms in total. The molecule has 0 aromatic rings. The van der Waals surface area contributed by atoms with Crippen molar-refractivity contribution >= 4 is 5.91 Å². The first kappa shape index (κ1) is 14.9. The molecule has 2 atom stereocenters. The third-order valence-corrected chi connectivity index (χ3v) is 3.27. The minimum absolute atomic E-state index is 0.0365. The summed E-state index contributed by atoms with van der Waals surface area (Å²) in [7, 11) is 0. The molecule has 1 fully saturated rings. The van der Waals surface area contributed by atoms with E-state index >= 15 is 0 Å². The highest BCUT2D eigenvalue weighted by Crippen LogP contribution is 2.10. The molecule has 0 radical (unpaired) electrons. The number of likely N-dealkylation sites (N-methyl/N-ethyl adjacent to an activating group) is 1. The third-order valence-electron chi connectivity index (χ3n) is 3.27. The lowest BCUT2D eigenvalue weighted by Gasteiger charge is -2.27. The van der Waals surface area contributed by atoms with E-state index in [0.717, 1.165) is 19.5 Å². The summed E-state index contributed by atoms with van der Waals surface area (Å²) in [6, 6.07) is 2.20. The number of β-amino-alcohol motifs (C(OH)–C–C–N with tert-alkyl or cyclic N) is 1. The van der Waals surface area contributed by atoms with E-state index in [1.807, 2.05) is 13.8 Å². The van der Waals surface area contributed by atoms with Crippen LogP contribution in [-0.2, 0) is 4.79 Å². The highest BCUT2D eigenvalue weighted by atomic mass is 16.3. The SMILES string of the molecule is CCN(CC(C)C#N)CC(O)CN1CCCC1=O. The van der Waals surface area contributed by atoms with E-state index in [9.17, 15) is 9.90 Å². The van der Waals surface area contributed by atoms with Crippen LogP contribution in [0.25, 0.3) is 0 Å². The molecule has 102 valence electrons. The van der Waals surface area contributed by atoms with Crippen LogP contribution < -0.4 is 0 Å². The van der Waals surface area contributed by atoms with Gasteiger partial charge in [-0.3, -0.25) is 9.69 Å². The molecule has 2 unspecified atom stereocenters. The van der Waals surface area contributed by atoms with Crippen LogP contribution in [0.15, 0.2) is 0 Å². The summed E-state index contributed by atoms with van der Waals surface area (Å²) in [6.07, 6.45) is 0.974. The van der Waals surface area contributed by atoms with Gasteiger partial charge in [0.15, 0.2) is 0 Å². The molecule has 0 aromatic heterocycles. The van der Waals surface area contributed by atoms with E-state index in [1.165, 1.54) is 0 Å². The fraction of sp³-hybridized carbons (Fsp3) is 0.846. The van der Waals surface area contributed by atoms with Crippen molar-refractivity contribution in [1.82, 2.24) is 9.80 Å². The number of aliphatic hydroxyl groups is 1. The van der Waals surface area contributed by atoms with Crippen LogP contribution in [0.1, 0.15) is 26.7 Å². The van der Waals surface area contributed by atoms with Crippen LogP contribution in [0.3, 0.4) is 0 Å². The molecule has 0 bridgehead atoms. The topological polar surface area (TPSA) is 67.6 Å². The molecular weight excluding hydrogens is 230 g/mol. The minimum atomic E-state index is -0.530. The maximum atomic E-state index is 11.4. The molecule has 18 heavy (non-hydrogen) atoms. The molecule has 0 aliphatic carbocycles. The van der Waals surface area contributed by atoms with Gasteiger partial charge in [0.05, 0.1) is 18.1 Å². The normalized spacial score (nSPS) is 19.1. The van der Waals surface area contributed by atoms with E-state index < -0.39 is 6.10 Å². The Bertz CT molecular complexity index is 314. The summed E-state index contributed by atoms with van der Waals surface area (Å²) in [4.78, 5) is 15.2. The molecule has 1 rings (SSSR count). The Labute approximate surface area is 109 Å². The van der Waals surface area contributed by atoms with Crippen molar-refractivity contribution < 1.29 is 9.90 Å². The predicted molar refractivity (Wildman–Crippen MR) is 68.7 cm³/mol. The second-order valence-corrected chi connectivity index (χ2v) is 4.98. The van der Waals surface area contributed by atoms with E-state index in [1.54, 1.807) is 4.90 Å². The highest BCUT2D eigenvalue weighted by Gasteiger charge is 2.23. The summed E-state index contributed by atoms with van der Waals surface area (Å²) >= 11 is 0. The molecular formula is C13H23N3O2. The monoisotopic (exact) mass is 253 g/mol. The lowest BCUT2D eigenvalue weighted by Crippen LogP contribution is -2.41. The van der Waals surface area contributed by atoms with Crippen LogP contribution in [0.5, 0.6) is 0 Å². The van der Waals surface area contributed by atoms with E-state index in [2.05, 4.69) is 11.0 Å². The van der Waals surface area contributed by atoms with Gasteiger partial charge in [0.25, 0.3) is 0 Å². The van der Waals surface area contributed by atoms with Gasteiger partial charge in [0, 0.05) is 32.6 Å². The lowest BCUT2D eigenvalue weighted by atomic mass is 10.2. The molecule has 1 heterocycles. The molecule has 1 N–H and O–H groups in total. The van der Waals surface area contributed by atoms with E-state index in [-0.39, 0.29) is 11.8 Å². The average molecular weight is 253 g/mol. The first-order chi connectivity index (χ1) is 8.56. The number of carbonyl (C=O) groups is 1. The molecule has 1 saturated heterocycles. The number of hydrogen-bond donors (Lipinski definition) is 1. The highest BCUT2D eigenvalue weighted by molar-refractivity contribution is 5.78. The van der Waals surface area contributed by atoms with Gasteiger partial charge >= 0.3 is 0 Å². The Morgan fingerprint density at radius 1 is 1.56 bits per heavy atom. The van der Waals surface area contributed by atoms with Gasteiger partial charge < -0.3 is 10.0 Å². The summed E-state index contributed by atoms with van der Waals surface area (Å²) in [5, 5.41) is 18.8. The maximum absolute atomic E-state index is 11.4. The number of nitriles is 1. The van der Waals surface area contributed by atoms with Gasteiger partial charge in [0.1, 0.15) is 0 Å².